The van der Waals surface area contributed by atoms with Gasteiger partial charge in [-0.2, -0.15) is 0 Å². The first kappa shape index (κ1) is 16.8. The number of nitrogens with one attached hydrogen (secondary N) is 1. The largest absolute Gasteiger partial charge is 0.486 e. The number of hydrogen-bond donors (Lipinski definition) is 1. The molecule has 0 amide bonds. The summed E-state index contributed by atoms with van der Waals surface area (Å²) in [5.41, 5.74) is 2.12. The van der Waals surface area contributed by atoms with Crippen molar-refractivity contribution in [1.29, 1.82) is 0 Å². The van der Waals surface area contributed by atoms with Gasteiger partial charge >= 0.3 is 0 Å². The molecule has 0 bridgehead atoms. The molecule has 24 heavy (non-hydrogen) atoms. The van der Waals surface area contributed by atoms with E-state index >= 15 is 0 Å². The van der Waals surface area contributed by atoms with Gasteiger partial charge in [0.05, 0.1) is 4.90 Å². The lowest BCUT2D eigenvalue weighted by atomic mass is 9.97. The summed E-state index contributed by atoms with van der Waals surface area (Å²) in [6.07, 6.45) is 0. The van der Waals surface area contributed by atoms with E-state index in [4.69, 9.17) is 9.47 Å². The summed E-state index contributed by atoms with van der Waals surface area (Å²) in [6.45, 7) is 5.34. The molecule has 5 nitrogen and oxygen atoms in total. The number of fused-ring (bicyclic) bond motifs is 1. The smallest absolute Gasteiger partial charge is 0.241 e. The Hall–Kier alpha value is -2.05. The molecule has 0 atom stereocenters. The molecule has 0 radical (unpaired) electrons. The van der Waals surface area contributed by atoms with E-state index in [-0.39, 0.29) is 11.4 Å². The second-order valence-corrected chi connectivity index (χ2v) is 7.75. The molecule has 0 unspecified atom stereocenters. The molecule has 1 heterocycles. The Balaban J connectivity index is 1.80. The zero-order chi connectivity index (χ0) is 17.2. The zero-order valence-corrected chi connectivity index (χ0v) is 14.6. The maximum Gasteiger partial charge on any atom is 0.241 e. The first-order chi connectivity index (χ1) is 11.5. The van der Waals surface area contributed by atoms with E-state index in [9.17, 15) is 8.42 Å². The highest BCUT2D eigenvalue weighted by molar-refractivity contribution is 7.89. The monoisotopic (exact) mass is 347 g/mol. The standard InChI is InChI=1S/C18H21NO4S/c1-13(2)16-6-4-3-5-14(16)12-19-24(20,21)15-7-8-17-18(11-15)23-10-9-22-17/h3-8,11,13,19H,9-10,12H2,1-2H3. The lowest BCUT2D eigenvalue weighted by Gasteiger charge is -2.19. The Labute approximate surface area is 142 Å². The summed E-state index contributed by atoms with van der Waals surface area (Å²) in [7, 11) is -3.62. The Morgan fingerprint density at radius 2 is 1.75 bits per heavy atom. The average molecular weight is 347 g/mol. The van der Waals surface area contributed by atoms with Crippen LogP contribution in [0.5, 0.6) is 11.5 Å². The van der Waals surface area contributed by atoms with Crippen LogP contribution in [0.1, 0.15) is 30.9 Å². The van der Waals surface area contributed by atoms with Crippen molar-refractivity contribution in [2.45, 2.75) is 31.2 Å². The highest BCUT2D eigenvalue weighted by atomic mass is 32.2. The van der Waals surface area contributed by atoms with E-state index in [2.05, 4.69) is 18.6 Å². The van der Waals surface area contributed by atoms with Crippen molar-refractivity contribution in [3.05, 3.63) is 53.6 Å². The molecule has 1 aliphatic heterocycles. The second-order valence-electron chi connectivity index (χ2n) is 5.98. The third kappa shape index (κ3) is 3.55. The summed E-state index contributed by atoms with van der Waals surface area (Å²) in [4.78, 5) is 0.175. The van der Waals surface area contributed by atoms with E-state index in [1.807, 2.05) is 24.3 Å². The van der Waals surface area contributed by atoms with Crippen LogP contribution in [0.4, 0.5) is 0 Å². The molecule has 0 aromatic heterocycles. The molecule has 2 aromatic rings. The van der Waals surface area contributed by atoms with E-state index in [1.54, 1.807) is 6.07 Å². The van der Waals surface area contributed by atoms with Crippen LogP contribution in [0, 0.1) is 0 Å². The molecule has 0 saturated carbocycles. The van der Waals surface area contributed by atoms with Crippen LogP contribution in [-0.2, 0) is 16.6 Å². The lowest BCUT2D eigenvalue weighted by molar-refractivity contribution is 0.171. The van der Waals surface area contributed by atoms with Gasteiger partial charge in [-0.3, -0.25) is 0 Å². The molecular formula is C18H21NO4S. The van der Waals surface area contributed by atoms with Gasteiger partial charge in [-0.05, 0) is 29.2 Å². The topological polar surface area (TPSA) is 64.6 Å². The third-order valence-corrected chi connectivity index (χ3v) is 5.35. The van der Waals surface area contributed by atoms with E-state index < -0.39 is 10.0 Å². The van der Waals surface area contributed by atoms with E-state index in [0.29, 0.717) is 30.6 Å². The highest BCUT2D eigenvalue weighted by Crippen LogP contribution is 2.32. The molecule has 3 rings (SSSR count). The van der Waals surface area contributed by atoms with Gasteiger partial charge in [0.1, 0.15) is 13.2 Å². The number of sulfonamides is 1. The van der Waals surface area contributed by atoms with Gasteiger partial charge in [0.25, 0.3) is 0 Å². The summed E-state index contributed by atoms with van der Waals surface area (Å²) in [6, 6.07) is 12.5. The fourth-order valence-electron chi connectivity index (χ4n) is 2.71. The average Bonchev–Trinajstić information content (AvgIpc) is 2.59. The fourth-order valence-corrected chi connectivity index (χ4v) is 3.73. The number of benzene rings is 2. The first-order valence-corrected chi connectivity index (χ1v) is 9.43. The minimum Gasteiger partial charge on any atom is -0.486 e. The molecule has 0 aliphatic carbocycles. The van der Waals surface area contributed by atoms with Crippen LogP contribution in [0.3, 0.4) is 0 Å². The molecule has 0 saturated heterocycles. The second kappa shape index (κ2) is 6.83. The van der Waals surface area contributed by atoms with E-state index in [0.717, 1.165) is 11.1 Å². The zero-order valence-electron chi connectivity index (χ0n) is 13.8. The van der Waals surface area contributed by atoms with Crippen molar-refractivity contribution in [3.8, 4) is 11.5 Å². The predicted molar refractivity (Wildman–Crippen MR) is 92.0 cm³/mol. The minimum absolute atomic E-state index is 0.175. The van der Waals surface area contributed by atoms with Gasteiger partial charge in [-0.15, -0.1) is 0 Å². The van der Waals surface area contributed by atoms with Gasteiger partial charge in [0.15, 0.2) is 11.5 Å². The Morgan fingerprint density at radius 3 is 2.50 bits per heavy atom. The van der Waals surface area contributed by atoms with Crippen molar-refractivity contribution in [3.63, 3.8) is 0 Å². The molecule has 0 fully saturated rings. The highest BCUT2D eigenvalue weighted by Gasteiger charge is 2.19. The van der Waals surface area contributed by atoms with Gasteiger partial charge in [0, 0.05) is 12.6 Å². The Bertz CT molecular complexity index is 831. The lowest BCUT2D eigenvalue weighted by Crippen LogP contribution is -2.24. The van der Waals surface area contributed by atoms with Crippen LogP contribution < -0.4 is 14.2 Å². The predicted octanol–water partition coefficient (Wildman–Crippen LogP) is 3.06. The van der Waals surface area contributed by atoms with Crippen molar-refractivity contribution >= 4 is 10.0 Å². The molecule has 1 N–H and O–H groups in total. The maximum atomic E-state index is 12.6. The third-order valence-electron chi connectivity index (χ3n) is 3.95. The van der Waals surface area contributed by atoms with Gasteiger partial charge in [0.2, 0.25) is 10.0 Å². The van der Waals surface area contributed by atoms with Gasteiger partial charge < -0.3 is 9.47 Å². The summed E-state index contributed by atoms with van der Waals surface area (Å²) in [5, 5.41) is 0. The summed E-state index contributed by atoms with van der Waals surface area (Å²) in [5.74, 6) is 1.37. The fraction of sp³-hybridized carbons (Fsp3) is 0.333. The Morgan fingerprint density at radius 1 is 1.04 bits per heavy atom. The number of rotatable bonds is 5. The quantitative estimate of drug-likeness (QED) is 0.903. The summed E-state index contributed by atoms with van der Waals surface area (Å²) >= 11 is 0. The van der Waals surface area contributed by atoms with Crippen molar-refractivity contribution in [2.24, 2.45) is 0 Å². The molecule has 128 valence electrons. The van der Waals surface area contributed by atoms with Gasteiger partial charge in [-0.1, -0.05) is 38.1 Å². The summed E-state index contributed by atoms with van der Waals surface area (Å²) < 4.78 is 38.7. The van der Waals surface area contributed by atoms with Crippen molar-refractivity contribution < 1.29 is 17.9 Å². The van der Waals surface area contributed by atoms with Crippen molar-refractivity contribution in [2.75, 3.05) is 13.2 Å². The molecular weight excluding hydrogens is 326 g/mol. The first-order valence-electron chi connectivity index (χ1n) is 7.94. The Kier molecular flexibility index (Phi) is 4.78. The van der Waals surface area contributed by atoms with Crippen molar-refractivity contribution in [1.82, 2.24) is 4.72 Å². The number of ether oxygens (including phenoxy) is 2. The molecule has 6 heteroatoms. The van der Waals surface area contributed by atoms with Crippen LogP contribution in [0.25, 0.3) is 0 Å². The molecule has 0 spiro atoms. The normalized spacial score (nSPS) is 14.0. The van der Waals surface area contributed by atoms with Gasteiger partial charge in [-0.25, -0.2) is 13.1 Å². The van der Waals surface area contributed by atoms with Crippen LogP contribution in [0.2, 0.25) is 0 Å². The maximum absolute atomic E-state index is 12.6. The van der Waals surface area contributed by atoms with Crippen LogP contribution in [-0.4, -0.2) is 21.6 Å². The number of hydrogen-bond acceptors (Lipinski definition) is 4. The SMILES string of the molecule is CC(C)c1ccccc1CNS(=O)(=O)c1ccc2c(c1)OCCO2. The van der Waals surface area contributed by atoms with E-state index in [1.165, 1.54) is 12.1 Å². The minimum atomic E-state index is -3.62. The van der Waals surface area contributed by atoms with Crippen LogP contribution in [0.15, 0.2) is 47.4 Å². The van der Waals surface area contributed by atoms with Crippen LogP contribution >= 0.6 is 0 Å². The molecule has 2 aromatic carbocycles. The molecule has 1 aliphatic rings.